The molecule has 0 unspecified atom stereocenters. The van der Waals surface area contributed by atoms with Crippen LogP contribution in [0.1, 0.15) is 44.9 Å². The van der Waals surface area contributed by atoms with Gasteiger partial charge in [-0.1, -0.05) is 48.0 Å². The summed E-state index contributed by atoms with van der Waals surface area (Å²) in [5.41, 5.74) is 0.673. The Morgan fingerprint density at radius 2 is 1.68 bits per heavy atom. The third kappa shape index (κ3) is 6.48. The average molecular weight is 535 g/mol. The summed E-state index contributed by atoms with van der Waals surface area (Å²) in [6.07, 6.45) is -5.12. The summed E-state index contributed by atoms with van der Waals surface area (Å²) in [6, 6.07) is 12.8. The van der Waals surface area contributed by atoms with Gasteiger partial charge in [0.15, 0.2) is 12.3 Å². The van der Waals surface area contributed by atoms with E-state index in [-0.39, 0.29) is 4.90 Å². The minimum absolute atomic E-state index is 0.00539. The number of ether oxygens (including phenoxy) is 3. The standard InChI is InChI=1S/C26H34N2O8S/c1-16-12-14-19(15-13-16)37(32,33)28-17(2)22(18-10-8-7-9-11-18)35-23(28)21(29)20(24(30)34-6)27-25(31)36-26(3,4)5/h7-15,17,20-23,29H,1-6H3,(H,27,31)/t17-,20+,21-,22-,23-/m0/s1. The van der Waals surface area contributed by atoms with Crippen LogP contribution in [0.25, 0.3) is 0 Å². The number of nitrogens with zero attached hydrogens (tertiary/aromatic N) is 1. The van der Waals surface area contributed by atoms with Gasteiger partial charge in [-0.05, 0) is 52.3 Å². The molecule has 2 aromatic carbocycles. The molecule has 1 aliphatic rings. The molecule has 2 N–H and O–H groups in total. The molecule has 1 heterocycles. The van der Waals surface area contributed by atoms with Gasteiger partial charge in [0.25, 0.3) is 0 Å². The maximum absolute atomic E-state index is 13.8. The molecule has 0 aromatic heterocycles. The Morgan fingerprint density at radius 1 is 1.08 bits per heavy atom. The summed E-state index contributed by atoms with van der Waals surface area (Å²) in [5.74, 6) is -0.995. The van der Waals surface area contributed by atoms with Crippen LogP contribution in [0.5, 0.6) is 0 Å². The van der Waals surface area contributed by atoms with Gasteiger partial charge in [0.2, 0.25) is 10.0 Å². The second-order valence-corrected chi connectivity index (χ2v) is 11.7. The molecular formula is C26H34N2O8S. The minimum Gasteiger partial charge on any atom is -0.467 e. The Hall–Kier alpha value is -2.99. The van der Waals surface area contributed by atoms with Crippen molar-refractivity contribution < 1.29 is 37.3 Å². The maximum Gasteiger partial charge on any atom is 0.408 e. The lowest BCUT2D eigenvalue weighted by atomic mass is 10.0. The van der Waals surface area contributed by atoms with E-state index in [0.717, 1.165) is 17.0 Å². The van der Waals surface area contributed by atoms with Gasteiger partial charge in [0.05, 0.1) is 18.0 Å². The van der Waals surface area contributed by atoms with Crippen LogP contribution in [0.15, 0.2) is 59.5 Å². The second-order valence-electron chi connectivity index (χ2n) is 9.88. The number of carbonyl (C=O) groups is 2. The number of hydrogen-bond acceptors (Lipinski definition) is 8. The molecule has 1 saturated heterocycles. The van der Waals surface area contributed by atoms with E-state index in [0.29, 0.717) is 5.56 Å². The Balaban J connectivity index is 2.04. The quantitative estimate of drug-likeness (QED) is 0.519. The van der Waals surface area contributed by atoms with E-state index >= 15 is 0 Å². The van der Waals surface area contributed by atoms with Gasteiger partial charge in [-0.15, -0.1) is 0 Å². The van der Waals surface area contributed by atoms with E-state index in [9.17, 15) is 23.1 Å². The van der Waals surface area contributed by atoms with Gasteiger partial charge in [0.1, 0.15) is 17.8 Å². The van der Waals surface area contributed by atoms with Gasteiger partial charge in [0, 0.05) is 0 Å². The van der Waals surface area contributed by atoms with Crippen molar-refractivity contribution in [3.8, 4) is 0 Å². The number of amides is 1. The lowest BCUT2D eigenvalue weighted by Crippen LogP contribution is -2.58. The fraction of sp³-hybridized carbons (Fsp3) is 0.462. The van der Waals surface area contributed by atoms with E-state index in [1.54, 1.807) is 64.1 Å². The highest BCUT2D eigenvalue weighted by atomic mass is 32.2. The molecule has 2 aromatic rings. The number of sulfonamides is 1. The number of methoxy groups -OCH3 is 1. The van der Waals surface area contributed by atoms with Crippen molar-refractivity contribution in [2.45, 2.75) is 75.6 Å². The molecular weight excluding hydrogens is 500 g/mol. The molecule has 10 nitrogen and oxygen atoms in total. The van der Waals surface area contributed by atoms with Crippen LogP contribution in [0, 0.1) is 6.92 Å². The lowest BCUT2D eigenvalue weighted by Gasteiger charge is -2.32. The molecule has 0 aliphatic carbocycles. The molecule has 11 heteroatoms. The number of nitrogens with one attached hydrogen (secondary N) is 1. The third-order valence-corrected chi connectivity index (χ3v) is 7.83. The van der Waals surface area contributed by atoms with Crippen molar-refractivity contribution in [1.29, 1.82) is 0 Å². The molecule has 1 amide bonds. The molecule has 0 bridgehead atoms. The van der Waals surface area contributed by atoms with Crippen molar-refractivity contribution in [3.63, 3.8) is 0 Å². The Bertz CT molecular complexity index is 1200. The Labute approximate surface area is 217 Å². The predicted octanol–water partition coefficient (Wildman–Crippen LogP) is 2.90. The van der Waals surface area contributed by atoms with Crippen LogP contribution >= 0.6 is 0 Å². The topological polar surface area (TPSA) is 131 Å². The van der Waals surface area contributed by atoms with E-state index in [2.05, 4.69) is 5.32 Å². The molecule has 0 saturated carbocycles. The first-order valence-corrected chi connectivity index (χ1v) is 13.3. The number of benzene rings is 2. The summed E-state index contributed by atoms with van der Waals surface area (Å²) < 4.78 is 44.8. The SMILES string of the molecule is COC(=O)[C@H](NC(=O)OC(C)(C)C)[C@H](O)[C@@H]1O[C@H](c2ccccc2)[C@H](C)N1S(=O)(=O)c1ccc(C)cc1. The van der Waals surface area contributed by atoms with Crippen molar-refractivity contribution in [1.82, 2.24) is 9.62 Å². The van der Waals surface area contributed by atoms with Gasteiger partial charge >= 0.3 is 12.1 Å². The molecule has 1 fully saturated rings. The highest BCUT2D eigenvalue weighted by Gasteiger charge is 2.53. The summed E-state index contributed by atoms with van der Waals surface area (Å²) in [6.45, 7) is 8.40. The van der Waals surface area contributed by atoms with Crippen LogP contribution < -0.4 is 5.32 Å². The van der Waals surface area contributed by atoms with E-state index in [1.165, 1.54) is 12.1 Å². The number of rotatable bonds is 7. The normalized spacial score (nSPS) is 22.2. The molecule has 0 spiro atoms. The van der Waals surface area contributed by atoms with Crippen molar-refractivity contribution >= 4 is 22.1 Å². The smallest absolute Gasteiger partial charge is 0.408 e. The zero-order chi connectivity index (χ0) is 27.5. The first kappa shape index (κ1) is 28.6. The highest BCUT2D eigenvalue weighted by molar-refractivity contribution is 7.89. The van der Waals surface area contributed by atoms with E-state index in [1.807, 2.05) is 13.0 Å². The van der Waals surface area contributed by atoms with Gasteiger partial charge in [-0.2, -0.15) is 4.31 Å². The van der Waals surface area contributed by atoms with E-state index < -0.39 is 58.2 Å². The molecule has 0 radical (unpaired) electrons. The van der Waals surface area contributed by atoms with Gasteiger partial charge in [-0.25, -0.2) is 18.0 Å². The second kappa shape index (κ2) is 11.2. The molecule has 5 atom stereocenters. The monoisotopic (exact) mass is 534 g/mol. The number of esters is 1. The molecule has 202 valence electrons. The van der Waals surface area contributed by atoms with Gasteiger partial charge in [-0.3, -0.25) is 0 Å². The van der Waals surface area contributed by atoms with Gasteiger partial charge < -0.3 is 24.6 Å². The summed E-state index contributed by atoms with van der Waals surface area (Å²) in [5, 5.41) is 13.7. The number of aryl methyl sites for hydroxylation is 1. The summed E-state index contributed by atoms with van der Waals surface area (Å²) >= 11 is 0. The van der Waals surface area contributed by atoms with Crippen LogP contribution in [0.2, 0.25) is 0 Å². The van der Waals surface area contributed by atoms with Crippen molar-refractivity contribution in [2.24, 2.45) is 0 Å². The number of carbonyl (C=O) groups excluding carboxylic acids is 2. The number of hydrogen-bond donors (Lipinski definition) is 2. The Morgan fingerprint density at radius 3 is 2.22 bits per heavy atom. The van der Waals surface area contributed by atoms with Crippen LogP contribution in [-0.2, 0) is 29.0 Å². The fourth-order valence-electron chi connectivity index (χ4n) is 4.12. The van der Waals surface area contributed by atoms with Crippen LogP contribution in [0.3, 0.4) is 0 Å². The maximum atomic E-state index is 13.8. The van der Waals surface area contributed by atoms with Crippen molar-refractivity contribution in [2.75, 3.05) is 7.11 Å². The fourth-order valence-corrected chi connectivity index (χ4v) is 5.84. The molecule has 1 aliphatic heterocycles. The van der Waals surface area contributed by atoms with Crippen LogP contribution in [0.4, 0.5) is 4.79 Å². The van der Waals surface area contributed by atoms with E-state index in [4.69, 9.17) is 14.2 Å². The first-order chi connectivity index (χ1) is 17.3. The highest BCUT2D eigenvalue weighted by Crippen LogP contribution is 2.40. The minimum atomic E-state index is -4.21. The lowest BCUT2D eigenvalue weighted by molar-refractivity contribution is -0.152. The third-order valence-electron chi connectivity index (χ3n) is 5.86. The number of alkyl carbamates (subject to hydrolysis) is 1. The first-order valence-electron chi connectivity index (χ1n) is 11.8. The largest absolute Gasteiger partial charge is 0.467 e. The Kier molecular flexibility index (Phi) is 8.63. The number of aliphatic hydroxyl groups excluding tert-OH is 1. The van der Waals surface area contributed by atoms with Crippen LogP contribution in [-0.4, -0.2) is 67.0 Å². The van der Waals surface area contributed by atoms with Crippen molar-refractivity contribution in [3.05, 3.63) is 65.7 Å². The average Bonchev–Trinajstić information content (AvgIpc) is 3.19. The number of aliphatic hydroxyl groups is 1. The zero-order valence-corrected chi connectivity index (χ0v) is 22.6. The molecule has 37 heavy (non-hydrogen) atoms. The summed E-state index contributed by atoms with van der Waals surface area (Å²) in [4.78, 5) is 25.1. The molecule has 3 rings (SSSR count). The predicted molar refractivity (Wildman–Crippen MR) is 135 cm³/mol. The zero-order valence-electron chi connectivity index (χ0n) is 21.7. The summed E-state index contributed by atoms with van der Waals surface area (Å²) in [7, 11) is -3.12.